The van der Waals surface area contributed by atoms with Gasteiger partial charge in [0.2, 0.25) is 0 Å². The molecular formula is C14H18FN3O3. The van der Waals surface area contributed by atoms with Gasteiger partial charge >= 0.3 is 6.09 Å². The van der Waals surface area contributed by atoms with Crippen LogP contribution >= 0.6 is 0 Å². The van der Waals surface area contributed by atoms with Crippen LogP contribution in [0.2, 0.25) is 0 Å². The molecule has 7 heteroatoms. The van der Waals surface area contributed by atoms with Crippen molar-refractivity contribution < 1.29 is 18.7 Å². The van der Waals surface area contributed by atoms with E-state index in [1.807, 2.05) is 0 Å². The van der Waals surface area contributed by atoms with Crippen molar-refractivity contribution in [1.82, 2.24) is 9.80 Å². The molecule has 0 unspecified atom stereocenters. The highest BCUT2D eigenvalue weighted by Crippen LogP contribution is 2.15. The minimum atomic E-state index is -0.606. The molecule has 1 saturated heterocycles. The second-order valence-electron chi connectivity index (χ2n) is 4.71. The van der Waals surface area contributed by atoms with E-state index in [4.69, 9.17) is 10.5 Å². The minimum Gasteiger partial charge on any atom is -0.450 e. The summed E-state index contributed by atoms with van der Waals surface area (Å²) in [4.78, 5) is 26.9. The van der Waals surface area contributed by atoms with Crippen molar-refractivity contribution in [3.05, 3.63) is 29.6 Å². The SMILES string of the molecule is CCOC(=O)N1CCN(C(=O)c2ccc(N)c(F)c2)CC1. The molecule has 0 aliphatic carbocycles. The summed E-state index contributed by atoms with van der Waals surface area (Å²) in [6.45, 7) is 3.66. The van der Waals surface area contributed by atoms with Crippen LogP contribution in [0.15, 0.2) is 18.2 Å². The molecule has 1 aliphatic heterocycles. The zero-order chi connectivity index (χ0) is 15.4. The number of carbonyl (C=O) groups excluding carboxylic acids is 2. The molecule has 0 aromatic heterocycles. The van der Waals surface area contributed by atoms with Gasteiger partial charge in [-0.15, -0.1) is 0 Å². The van der Waals surface area contributed by atoms with Crippen molar-refractivity contribution in [2.24, 2.45) is 0 Å². The third-order valence-corrected chi connectivity index (χ3v) is 3.34. The van der Waals surface area contributed by atoms with Gasteiger partial charge in [-0.3, -0.25) is 4.79 Å². The fourth-order valence-electron chi connectivity index (χ4n) is 2.15. The van der Waals surface area contributed by atoms with E-state index >= 15 is 0 Å². The second-order valence-corrected chi connectivity index (χ2v) is 4.71. The van der Waals surface area contributed by atoms with Gasteiger partial charge in [0.05, 0.1) is 12.3 Å². The highest BCUT2D eigenvalue weighted by atomic mass is 19.1. The van der Waals surface area contributed by atoms with Gasteiger partial charge in [0.1, 0.15) is 5.82 Å². The van der Waals surface area contributed by atoms with Crippen LogP contribution in [0.3, 0.4) is 0 Å². The summed E-state index contributed by atoms with van der Waals surface area (Å²) in [7, 11) is 0. The van der Waals surface area contributed by atoms with Gasteiger partial charge in [-0.05, 0) is 25.1 Å². The van der Waals surface area contributed by atoms with Crippen molar-refractivity contribution in [1.29, 1.82) is 0 Å². The lowest BCUT2D eigenvalue weighted by Gasteiger charge is -2.34. The molecule has 6 nitrogen and oxygen atoms in total. The molecule has 1 aliphatic rings. The highest BCUT2D eigenvalue weighted by molar-refractivity contribution is 5.94. The molecule has 0 atom stereocenters. The summed E-state index contributed by atoms with van der Waals surface area (Å²) in [6.07, 6.45) is -0.372. The van der Waals surface area contributed by atoms with E-state index in [1.54, 1.807) is 16.7 Å². The molecular weight excluding hydrogens is 277 g/mol. The number of piperazine rings is 1. The lowest BCUT2D eigenvalue weighted by atomic mass is 10.1. The monoisotopic (exact) mass is 295 g/mol. The van der Waals surface area contributed by atoms with Crippen LogP contribution in [0.5, 0.6) is 0 Å². The number of amides is 2. The normalized spacial score (nSPS) is 15.0. The van der Waals surface area contributed by atoms with Gasteiger partial charge in [-0.25, -0.2) is 9.18 Å². The van der Waals surface area contributed by atoms with Crippen LogP contribution in [0.4, 0.5) is 14.9 Å². The van der Waals surface area contributed by atoms with Gasteiger partial charge < -0.3 is 20.3 Å². The van der Waals surface area contributed by atoms with Gasteiger partial charge in [0, 0.05) is 31.7 Å². The van der Waals surface area contributed by atoms with E-state index in [0.717, 1.165) is 6.07 Å². The molecule has 2 amide bonds. The average molecular weight is 295 g/mol. The molecule has 1 heterocycles. The molecule has 21 heavy (non-hydrogen) atoms. The lowest BCUT2D eigenvalue weighted by Crippen LogP contribution is -2.50. The zero-order valence-corrected chi connectivity index (χ0v) is 11.8. The third-order valence-electron chi connectivity index (χ3n) is 3.34. The Morgan fingerprint density at radius 2 is 1.86 bits per heavy atom. The molecule has 1 aromatic rings. The maximum Gasteiger partial charge on any atom is 0.409 e. The predicted octanol–water partition coefficient (Wildman–Crippen LogP) is 1.32. The first-order chi connectivity index (χ1) is 10.0. The standard InChI is InChI=1S/C14H18FN3O3/c1-2-21-14(20)18-7-5-17(6-8-18)13(19)10-3-4-12(16)11(15)9-10/h3-4,9H,2,5-8,16H2,1H3. The molecule has 114 valence electrons. The fraction of sp³-hybridized carbons (Fsp3) is 0.429. The third kappa shape index (κ3) is 3.42. The van der Waals surface area contributed by atoms with E-state index in [9.17, 15) is 14.0 Å². The van der Waals surface area contributed by atoms with Gasteiger partial charge in [-0.1, -0.05) is 0 Å². The van der Waals surface area contributed by atoms with Crippen molar-refractivity contribution >= 4 is 17.7 Å². The molecule has 0 bridgehead atoms. The minimum absolute atomic E-state index is 0.0127. The van der Waals surface area contributed by atoms with Crippen LogP contribution in [0, 0.1) is 5.82 Å². The molecule has 2 rings (SSSR count). The summed E-state index contributed by atoms with van der Waals surface area (Å²) in [5.74, 6) is -0.872. The largest absolute Gasteiger partial charge is 0.450 e. The molecule has 0 radical (unpaired) electrons. The molecule has 0 spiro atoms. The molecule has 1 fully saturated rings. The van der Waals surface area contributed by atoms with Crippen LogP contribution in [-0.2, 0) is 4.74 Å². The number of benzene rings is 1. The number of hydrogen-bond donors (Lipinski definition) is 1. The van der Waals surface area contributed by atoms with E-state index in [1.165, 1.54) is 12.1 Å². The second kappa shape index (κ2) is 6.43. The first-order valence-electron chi connectivity index (χ1n) is 6.79. The number of carbonyl (C=O) groups is 2. The maximum absolute atomic E-state index is 13.4. The Kier molecular flexibility index (Phi) is 4.62. The van der Waals surface area contributed by atoms with Crippen LogP contribution in [-0.4, -0.2) is 54.6 Å². The average Bonchev–Trinajstić information content (AvgIpc) is 2.50. The first-order valence-corrected chi connectivity index (χ1v) is 6.79. The number of nitrogens with zero attached hydrogens (tertiary/aromatic N) is 2. The van der Waals surface area contributed by atoms with E-state index in [2.05, 4.69) is 0 Å². The lowest BCUT2D eigenvalue weighted by molar-refractivity contribution is 0.0570. The van der Waals surface area contributed by atoms with Crippen molar-refractivity contribution in [2.45, 2.75) is 6.92 Å². The quantitative estimate of drug-likeness (QED) is 0.835. The Morgan fingerprint density at radius 1 is 1.24 bits per heavy atom. The van der Waals surface area contributed by atoms with E-state index < -0.39 is 5.82 Å². The van der Waals surface area contributed by atoms with Crippen molar-refractivity contribution in [2.75, 3.05) is 38.5 Å². The maximum atomic E-state index is 13.4. The number of rotatable bonds is 2. The first kappa shape index (κ1) is 15.1. The zero-order valence-electron chi connectivity index (χ0n) is 11.8. The number of anilines is 1. The van der Waals surface area contributed by atoms with E-state index in [-0.39, 0.29) is 23.3 Å². The van der Waals surface area contributed by atoms with Crippen LogP contribution < -0.4 is 5.73 Å². The molecule has 0 saturated carbocycles. The number of nitrogen functional groups attached to an aromatic ring is 1. The Bertz CT molecular complexity index is 542. The molecule has 2 N–H and O–H groups in total. The van der Waals surface area contributed by atoms with Crippen molar-refractivity contribution in [3.63, 3.8) is 0 Å². The Labute approximate surface area is 122 Å². The topological polar surface area (TPSA) is 75.9 Å². The highest BCUT2D eigenvalue weighted by Gasteiger charge is 2.25. The van der Waals surface area contributed by atoms with Gasteiger partial charge in [0.15, 0.2) is 0 Å². The number of hydrogen-bond acceptors (Lipinski definition) is 4. The van der Waals surface area contributed by atoms with Crippen molar-refractivity contribution in [3.8, 4) is 0 Å². The van der Waals surface area contributed by atoms with Crippen LogP contribution in [0.25, 0.3) is 0 Å². The summed E-state index contributed by atoms with van der Waals surface area (Å²) < 4.78 is 18.3. The van der Waals surface area contributed by atoms with Crippen LogP contribution in [0.1, 0.15) is 17.3 Å². The summed E-state index contributed by atoms with van der Waals surface area (Å²) in [6, 6.07) is 4.01. The summed E-state index contributed by atoms with van der Waals surface area (Å²) >= 11 is 0. The molecule has 1 aromatic carbocycles. The smallest absolute Gasteiger partial charge is 0.409 e. The fourth-order valence-corrected chi connectivity index (χ4v) is 2.15. The number of halogens is 1. The Morgan fingerprint density at radius 3 is 2.43 bits per heavy atom. The number of ether oxygens (including phenoxy) is 1. The van der Waals surface area contributed by atoms with Gasteiger partial charge in [-0.2, -0.15) is 0 Å². The Balaban J connectivity index is 1.97. The summed E-state index contributed by atoms with van der Waals surface area (Å²) in [5, 5.41) is 0. The summed E-state index contributed by atoms with van der Waals surface area (Å²) in [5.41, 5.74) is 5.66. The number of nitrogens with two attached hydrogens (primary N) is 1. The van der Waals surface area contributed by atoms with E-state index in [0.29, 0.717) is 32.8 Å². The Hall–Kier alpha value is -2.31. The predicted molar refractivity (Wildman–Crippen MR) is 75.3 cm³/mol. The van der Waals surface area contributed by atoms with Gasteiger partial charge in [0.25, 0.3) is 5.91 Å².